The number of benzene rings is 1. The van der Waals surface area contributed by atoms with Crippen molar-refractivity contribution in [3.8, 4) is 0 Å². The lowest BCUT2D eigenvalue weighted by molar-refractivity contribution is 0.0963. The van der Waals surface area contributed by atoms with Gasteiger partial charge in [0.2, 0.25) is 18.2 Å². The van der Waals surface area contributed by atoms with E-state index in [1.807, 2.05) is 6.07 Å². The molecule has 1 aromatic carbocycles. The molecule has 27 heavy (non-hydrogen) atoms. The zero-order valence-corrected chi connectivity index (χ0v) is 19.8. The summed E-state index contributed by atoms with van der Waals surface area (Å²) in [5, 5.41) is 0. The van der Waals surface area contributed by atoms with Crippen molar-refractivity contribution in [1.29, 1.82) is 0 Å². The third-order valence-corrected chi connectivity index (χ3v) is 13.9. The average molecular weight is 413 g/mol. The number of hydrogen-bond acceptors (Lipinski definition) is 4. The summed E-state index contributed by atoms with van der Waals surface area (Å²) in [6, 6.07) is 8.57. The van der Waals surface area contributed by atoms with Crippen LogP contribution in [0.4, 0.5) is 0 Å². The second-order valence-corrected chi connectivity index (χ2v) is 16.4. The predicted octanol–water partition coefficient (Wildman–Crippen LogP) is 5.40. The number of ether oxygens (including phenoxy) is 1. The summed E-state index contributed by atoms with van der Waals surface area (Å²) in [6.07, 6.45) is -0.592. The average Bonchev–Trinajstić information content (AvgIpc) is 3.36. The monoisotopic (exact) mass is 412 g/mol. The lowest BCUT2D eigenvalue weighted by atomic mass is 10.1. The fraction of sp³-hybridized carbons (Fsp3) is 0.714. The zero-order chi connectivity index (χ0) is 20.6. The van der Waals surface area contributed by atoms with Crippen molar-refractivity contribution < 1.29 is 17.6 Å². The highest BCUT2D eigenvalue weighted by Crippen LogP contribution is 2.47. The van der Waals surface area contributed by atoms with Gasteiger partial charge in [-0.15, -0.1) is 0 Å². The van der Waals surface area contributed by atoms with Crippen molar-refractivity contribution >= 4 is 18.2 Å². The zero-order valence-electron chi connectivity index (χ0n) is 18.0. The van der Waals surface area contributed by atoms with Crippen LogP contribution in [-0.4, -0.2) is 34.4 Å². The highest BCUT2D eigenvalue weighted by Gasteiger charge is 2.58. The summed E-state index contributed by atoms with van der Waals surface area (Å²) in [5.74, 6) is 0.189. The molecule has 0 saturated carbocycles. The van der Waals surface area contributed by atoms with Crippen LogP contribution in [0.15, 0.2) is 35.2 Å². The molecule has 0 aliphatic carbocycles. The molecule has 0 unspecified atom stereocenters. The van der Waals surface area contributed by atoms with Gasteiger partial charge in [0.15, 0.2) is 5.44 Å². The van der Waals surface area contributed by atoms with Crippen LogP contribution in [0.5, 0.6) is 0 Å². The van der Waals surface area contributed by atoms with E-state index >= 15 is 0 Å². The van der Waals surface area contributed by atoms with Crippen LogP contribution in [0, 0.1) is 5.92 Å². The lowest BCUT2D eigenvalue weighted by Gasteiger charge is -2.45. The summed E-state index contributed by atoms with van der Waals surface area (Å²) in [4.78, 5) is 0.320. The van der Waals surface area contributed by atoms with Crippen LogP contribution in [0.2, 0.25) is 16.6 Å². The van der Waals surface area contributed by atoms with Crippen molar-refractivity contribution in [1.82, 2.24) is 0 Å². The van der Waals surface area contributed by atoms with Gasteiger partial charge in [-0.05, 0) is 34.7 Å². The van der Waals surface area contributed by atoms with E-state index in [2.05, 4.69) is 55.4 Å². The predicted molar refractivity (Wildman–Crippen MR) is 113 cm³/mol. The molecule has 2 rings (SSSR count). The molecular weight excluding hydrogens is 376 g/mol. The first-order valence-electron chi connectivity index (χ1n) is 10.1. The summed E-state index contributed by atoms with van der Waals surface area (Å²) in [5.41, 5.74) is 0.538. The Hall–Kier alpha value is -0.693. The normalized spacial score (nSPS) is 22.1. The number of rotatable bonds is 9. The molecular formula is C21H36O4SSi. The molecule has 0 bridgehead atoms. The Morgan fingerprint density at radius 1 is 0.889 bits per heavy atom. The minimum absolute atomic E-state index is 0.189. The Morgan fingerprint density at radius 2 is 1.37 bits per heavy atom. The van der Waals surface area contributed by atoms with E-state index in [9.17, 15) is 8.42 Å². The largest absolute Gasteiger partial charge is 0.410 e. The highest BCUT2D eigenvalue weighted by atomic mass is 32.2. The summed E-state index contributed by atoms with van der Waals surface area (Å²) < 4.78 is 38.5. The van der Waals surface area contributed by atoms with E-state index in [1.54, 1.807) is 24.3 Å². The van der Waals surface area contributed by atoms with Gasteiger partial charge in [0, 0.05) is 0 Å². The minimum Gasteiger partial charge on any atom is -0.410 e. The van der Waals surface area contributed by atoms with Crippen molar-refractivity contribution in [2.75, 3.05) is 0 Å². The fourth-order valence-corrected chi connectivity index (χ4v) is 11.8. The number of sulfone groups is 1. The number of hydrogen-bond donors (Lipinski definition) is 0. The molecule has 1 aromatic rings. The third kappa shape index (κ3) is 4.34. The van der Waals surface area contributed by atoms with Crippen molar-refractivity contribution in [3.63, 3.8) is 0 Å². The van der Waals surface area contributed by atoms with E-state index in [4.69, 9.17) is 9.16 Å². The standard InChI is InChI=1S/C21H36O4SSi/c1-14(2)19(25-27(15(3)4,16(5)6)17(7)8)20-21(24-20)26(22,23)18-12-10-9-11-13-18/h9-17,19-21H,1-8H3/t19-,20+,21+/m0/s1. The van der Waals surface area contributed by atoms with Gasteiger partial charge < -0.3 is 9.16 Å². The number of epoxide rings is 1. The molecule has 154 valence electrons. The Bertz CT molecular complexity index is 691. The molecule has 1 heterocycles. The van der Waals surface area contributed by atoms with E-state index in [0.717, 1.165) is 0 Å². The smallest absolute Gasteiger partial charge is 0.207 e. The van der Waals surface area contributed by atoms with Crippen LogP contribution in [0.1, 0.15) is 55.4 Å². The van der Waals surface area contributed by atoms with Gasteiger partial charge >= 0.3 is 0 Å². The van der Waals surface area contributed by atoms with E-state index in [-0.39, 0.29) is 12.0 Å². The van der Waals surface area contributed by atoms with Crippen LogP contribution in [0.3, 0.4) is 0 Å². The first-order chi connectivity index (χ1) is 12.5. The molecule has 0 radical (unpaired) electrons. The maximum atomic E-state index is 12.9. The van der Waals surface area contributed by atoms with Gasteiger partial charge in [-0.3, -0.25) is 0 Å². The Balaban J connectivity index is 2.30. The Morgan fingerprint density at radius 3 is 1.78 bits per heavy atom. The molecule has 1 aliphatic heterocycles. The molecule has 0 amide bonds. The molecule has 1 saturated heterocycles. The SMILES string of the molecule is CC(C)[C@H](O[Si](C(C)C)(C(C)C)C(C)C)[C@H]1O[C@@H]1S(=O)(=O)c1ccccc1. The van der Waals surface area contributed by atoms with E-state index < -0.39 is 29.7 Å². The van der Waals surface area contributed by atoms with Crippen LogP contribution in [-0.2, 0) is 19.0 Å². The molecule has 0 aromatic heterocycles. The lowest BCUT2D eigenvalue weighted by Crippen LogP contribution is -2.52. The topological polar surface area (TPSA) is 55.9 Å². The minimum atomic E-state index is -3.50. The molecule has 4 nitrogen and oxygen atoms in total. The summed E-state index contributed by atoms with van der Waals surface area (Å²) in [6.45, 7) is 17.7. The van der Waals surface area contributed by atoms with Crippen LogP contribution >= 0.6 is 0 Å². The quantitative estimate of drug-likeness (QED) is 0.402. The van der Waals surface area contributed by atoms with Gasteiger partial charge in [0.25, 0.3) is 0 Å². The van der Waals surface area contributed by atoms with Gasteiger partial charge in [0.05, 0.1) is 11.0 Å². The molecule has 1 fully saturated rings. The summed E-state index contributed by atoms with van der Waals surface area (Å²) in [7, 11) is -5.62. The molecule has 3 atom stereocenters. The highest BCUT2D eigenvalue weighted by molar-refractivity contribution is 7.92. The first-order valence-corrected chi connectivity index (χ1v) is 13.8. The van der Waals surface area contributed by atoms with E-state index in [0.29, 0.717) is 21.5 Å². The van der Waals surface area contributed by atoms with Crippen molar-refractivity contribution in [2.24, 2.45) is 5.92 Å². The molecule has 0 spiro atoms. The Labute approximate surface area is 166 Å². The van der Waals surface area contributed by atoms with Crippen LogP contribution in [0.25, 0.3) is 0 Å². The van der Waals surface area contributed by atoms with Gasteiger partial charge in [-0.2, -0.15) is 0 Å². The molecule has 0 N–H and O–H groups in total. The van der Waals surface area contributed by atoms with Gasteiger partial charge in [-0.25, -0.2) is 8.42 Å². The van der Waals surface area contributed by atoms with Crippen LogP contribution < -0.4 is 0 Å². The maximum absolute atomic E-state index is 12.9. The third-order valence-electron chi connectivity index (χ3n) is 5.89. The Kier molecular flexibility index (Phi) is 6.99. The molecule has 6 heteroatoms. The second-order valence-electron chi connectivity index (χ2n) is 8.97. The van der Waals surface area contributed by atoms with E-state index in [1.165, 1.54) is 0 Å². The molecule has 1 aliphatic rings. The van der Waals surface area contributed by atoms with Crippen molar-refractivity contribution in [2.45, 2.75) is 94.6 Å². The maximum Gasteiger partial charge on any atom is 0.207 e. The summed E-state index contributed by atoms with van der Waals surface area (Å²) >= 11 is 0. The second kappa shape index (κ2) is 8.35. The fourth-order valence-electron chi connectivity index (χ4n) is 4.56. The van der Waals surface area contributed by atoms with Gasteiger partial charge in [-0.1, -0.05) is 73.6 Å². The van der Waals surface area contributed by atoms with Crippen molar-refractivity contribution in [3.05, 3.63) is 30.3 Å². The van der Waals surface area contributed by atoms with Gasteiger partial charge in [0.1, 0.15) is 6.10 Å². The first kappa shape index (κ1) is 22.6.